The normalized spacial score (nSPS) is 26.3. The molecular weight excluding hydrogens is 216 g/mol. The Balaban J connectivity index is 1.94. The topological polar surface area (TPSA) is 51.6 Å². The number of hydrogen-bond acceptors (Lipinski definition) is 4. The molecule has 4 nitrogen and oxygen atoms in total. The molecule has 1 fully saturated rings. The molecule has 0 bridgehead atoms. The molecule has 1 aromatic rings. The number of methoxy groups -OCH3 is 1. The van der Waals surface area contributed by atoms with Crippen LogP contribution in [0.25, 0.3) is 0 Å². The number of nitrogens with zero attached hydrogens (tertiary/aromatic N) is 1. The monoisotopic (exact) mass is 238 g/mol. The van der Waals surface area contributed by atoms with E-state index in [1.165, 1.54) is 6.42 Å². The van der Waals surface area contributed by atoms with E-state index in [2.05, 4.69) is 11.8 Å². The summed E-state index contributed by atoms with van der Waals surface area (Å²) < 4.78 is 11.1. The van der Waals surface area contributed by atoms with Gasteiger partial charge in [0.2, 0.25) is 0 Å². The van der Waals surface area contributed by atoms with Gasteiger partial charge in [0.1, 0.15) is 5.76 Å². The van der Waals surface area contributed by atoms with Gasteiger partial charge in [-0.05, 0) is 32.4 Å². The zero-order valence-corrected chi connectivity index (χ0v) is 10.7. The van der Waals surface area contributed by atoms with Crippen molar-refractivity contribution in [2.75, 3.05) is 20.2 Å². The van der Waals surface area contributed by atoms with Crippen LogP contribution in [0, 0.1) is 0 Å². The van der Waals surface area contributed by atoms with Gasteiger partial charge >= 0.3 is 0 Å². The molecule has 0 aliphatic carbocycles. The predicted octanol–water partition coefficient (Wildman–Crippen LogP) is 1.74. The van der Waals surface area contributed by atoms with Crippen molar-refractivity contribution in [1.29, 1.82) is 0 Å². The number of piperidine rings is 1. The number of ether oxygens (including phenoxy) is 1. The number of rotatable bonds is 4. The zero-order chi connectivity index (χ0) is 12.3. The maximum atomic E-state index is 5.58. The fourth-order valence-electron chi connectivity index (χ4n) is 2.45. The van der Waals surface area contributed by atoms with Gasteiger partial charge in [-0.3, -0.25) is 4.90 Å². The first kappa shape index (κ1) is 12.6. The molecule has 0 radical (unpaired) electrons. The second-order valence-electron chi connectivity index (χ2n) is 5.09. The maximum absolute atomic E-state index is 5.58. The third-order valence-corrected chi connectivity index (χ3v) is 3.55. The quantitative estimate of drug-likeness (QED) is 0.868. The second-order valence-corrected chi connectivity index (χ2v) is 5.09. The van der Waals surface area contributed by atoms with E-state index in [0.717, 1.165) is 37.4 Å². The highest BCUT2D eigenvalue weighted by atomic mass is 16.5. The summed E-state index contributed by atoms with van der Waals surface area (Å²) in [7, 11) is 1.79. The van der Waals surface area contributed by atoms with Crippen LogP contribution >= 0.6 is 0 Å². The predicted molar refractivity (Wildman–Crippen MR) is 66.5 cm³/mol. The van der Waals surface area contributed by atoms with Gasteiger partial charge in [-0.15, -0.1) is 0 Å². The van der Waals surface area contributed by atoms with Crippen molar-refractivity contribution in [3.8, 4) is 0 Å². The van der Waals surface area contributed by atoms with E-state index in [-0.39, 0.29) is 5.60 Å². The number of likely N-dealkylation sites (tertiary alicyclic amines) is 1. The van der Waals surface area contributed by atoms with E-state index < -0.39 is 0 Å². The van der Waals surface area contributed by atoms with Gasteiger partial charge < -0.3 is 14.9 Å². The van der Waals surface area contributed by atoms with Gasteiger partial charge in [-0.2, -0.15) is 0 Å². The first-order chi connectivity index (χ1) is 8.15. The Kier molecular flexibility index (Phi) is 3.86. The summed E-state index contributed by atoms with van der Waals surface area (Å²) in [4.78, 5) is 2.38. The molecule has 17 heavy (non-hydrogen) atoms. The molecule has 0 aromatic carbocycles. The van der Waals surface area contributed by atoms with Crippen molar-refractivity contribution in [2.45, 2.75) is 38.5 Å². The fourth-order valence-corrected chi connectivity index (χ4v) is 2.45. The summed E-state index contributed by atoms with van der Waals surface area (Å²) >= 11 is 0. The molecule has 96 valence electrons. The largest absolute Gasteiger partial charge is 0.468 e. The molecule has 1 aliphatic heterocycles. The summed E-state index contributed by atoms with van der Waals surface area (Å²) in [6.07, 6.45) is 4.05. The van der Waals surface area contributed by atoms with E-state index in [9.17, 15) is 0 Å². The Bertz CT molecular complexity index is 364. The molecule has 4 heteroatoms. The summed E-state index contributed by atoms with van der Waals surface area (Å²) in [6.45, 7) is 5.63. The zero-order valence-electron chi connectivity index (χ0n) is 10.7. The molecule has 0 saturated carbocycles. The van der Waals surface area contributed by atoms with Gasteiger partial charge in [0, 0.05) is 25.8 Å². The van der Waals surface area contributed by atoms with Gasteiger partial charge in [0.05, 0.1) is 18.4 Å². The third-order valence-electron chi connectivity index (χ3n) is 3.55. The summed E-state index contributed by atoms with van der Waals surface area (Å²) in [5.41, 5.74) is 6.62. The van der Waals surface area contributed by atoms with Crippen molar-refractivity contribution in [2.24, 2.45) is 5.73 Å². The Morgan fingerprint density at radius 2 is 2.41 bits per heavy atom. The van der Waals surface area contributed by atoms with Crippen molar-refractivity contribution in [3.05, 3.63) is 23.7 Å². The van der Waals surface area contributed by atoms with Crippen molar-refractivity contribution >= 4 is 0 Å². The lowest BCUT2D eigenvalue weighted by Crippen LogP contribution is -2.46. The highest BCUT2D eigenvalue weighted by Gasteiger charge is 2.30. The number of furan rings is 1. The van der Waals surface area contributed by atoms with Crippen molar-refractivity contribution in [3.63, 3.8) is 0 Å². The van der Waals surface area contributed by atoms with Crippen LogP contribution in [0.15, 0.2) is 16.7 Å². The van der Waals surface area contributed by atoms with Crippen LogP contribution in [0.2, 0.25) is 0 Å². The number of hydrogen-bond donors (Lipinski definition) is 1. The van der Waals surface area contributed by atoms with Crippen LogP contribution in [0.5, 0.6) is 0 Å². The van der Waals surface area contributed by atoms with Gasteiger partial charge in [-0.25, -0.2) is 0 Å². The summed E-state index contributed by atoms with van der Waals surface area (Å²) in [6, 6.07) is 2.04. The molecule has 1 saturated heterocycles. The minimum Gasteiger partial charge on any atom is -0.468 e. The molecule has 2 heterocycles. The molecule has 1 unspecified atom stereocenters. The SMILES string of the molecule is COC1(C)CCCN(Cc2cc(CN)co2)C1. The average Bonchev–Trinajstić information content (AvgIpc) is 2.77. The van der Waals surface area contributed by atoms with Crippen molar-refractivity contribution < 1.29 is 9.15 Å². The Morgan fingerprint density at radius 1 is 1.59 bits per heavy atom. The first-order valence-electron chi connectivity index (χ1n) is 6.19. The molecule has 0 spiro atoms. The van der Waals surface area contributed by atoms with Crippen molar-refractivity contribution in [1.82, 2.24) is 4.90 Å². The highest BCUT2D eigenvalue weighted by molar-refractivity contribution is 5.12. The number of nitrogens with two attached hydrogens (primary N) is 1. The lowest BCUT2D eigenvalue weighted by Gasteiger charge is -2.39. The van der Waals surface area contributed by atoms with E-state index in [4.69, 9.17) is 14.9 Å². The second kappa shape index (κ2) is 5.21. The Hall–Kier alpha value is -0.840. The maximum Gasteiger partial charge on any atom is 0.118 e. The van der Waals surface area contributed by atoms with Crippen LogP contribution in [0.3, 0.4) is 0 Å². The van der Waals surface area contributed by atoms with Crippen LogP contribution in [0.1, 0.15) is 31.1 Å². The van der Waals surface area contributed by atoms with E-state index in [1.807, 2.05) is 6.07 Å². The molecule has 1 atom stereocenters. The van der Waals surface area contributed by atoms with Gasteiger partial charge in [0.15, 0.2) is 0 Å². The van der Waals surface area contributed by atoms with Crippen LogP contribution in [-0.4, -0.2) is 30.7 Å². The van der Waals surface area contributed by atoms with Crippen LogP contribution in [-0.2, 0) is 17.8 Å². The summed E-state index contributed by atoms with van der Waals surface area (Å²) in [5, 5.41) is 0. The van der Waals surface area contributed by atoms with E-state index >= 15 is 0 Å². The third kappa shape index (κ3) is 3.09. The van der Waals surface area contributed by atoms with Crippen LogP contribution < -0.4 is 5.73 Å². The minimum absolute atomic E-state index is 0.0124. The standard InChI is InChI=1S/C13H22N2O2/c1-13(16-2)4-3-5-15(10-13)8-12-6-11(7-14)9-17-12/h6,9H,3-5,7-8,10,14H2,1-2H3. The smallest absolute Gasteiger partial charge is 0.118 e. The lowest BCUT2D eigenvalue weighted by atomic mass is 9.95. The molecular formula is C13H22N2O2. The van der Waals surface area contributed by atoms with Gasteiger partial charge in [-0.1, -0.05) is 0 Å². The molecule has 2 rings (SSSR count). The molecule has 2 N–H and O–H groups in total. The van der Waals surface area contributed by atoms with Gasteiger partial charge in [0.25, 0.3) is 0 Å². The van der Waals surface area contributed by atoms with E-state index in [1.54, 1.807) is 13.4 Å². The fraction of sp³-hybridized carbons (Fsp3) is 0.692. The van der Waals surface area contributed by atoms with E-state index in [0.29, 0.717) is 6.54 Å². The summed E-state index contributed by atoms with van der Waals surface area (Å²) in [5.74, 6) is 0.991. The van der Waals surface area contributed by atoms with Crippen LogP contribution in [0.4, 0.5) is 0 Å². The average molecular weight is 238 g/mol. The Labute approximate surface area is 103 Å². The highest BCUT2D eigenvalue weighted by Crippen LogP contribution is 2.25. The minimum atomic E-state index is -0.0124. The lowest BCUT2D eigenvalue weighted by molar-refractivity contribution is -0.0538. The Morgan fingerprint density at radius 3 is 3.06 bits per heavy atom. The molecule has 1 aliphatic rings. The first-order valence-corrected chi connectivity index (χ1v) is 6.19. The molecule has 0 amide bonds. The molecule has 1 aromatic heterocycles.